The lowest BCUT2D eigenvalue weighted by Gasteiger charge is -2.33. The summed E-state index contributed by atoms with van der Waals surface area (Å²) in [5.41, 5.74) is -1.14. The standard InChI is InChI=1S/C11H17F3N2O2/c1-10(2,3)9(11(12,13)14)16-8(18)6-4-5-7(17)15-6/h6,9H,4-5H2,1-3H3,(H,15,17)(H,16,18)/t6-,9-/m0/s1. The number of alkyl halides is 3. The van der Waals surface area contributed by atoms with Gasteiger partial charge >= 0.3 is 6.18 Å². The van der Waals surface area contributed by atoms with Crippen LogP contribution in [0.2, 0.25) is 0 Å². The van der Waals surface area contributed by atoms with Crippen LogP contribution in [0.15, 0.2) is 0 Å². The first-order valence-electron chi connectivity index (χ1n) is 5.68. The van der Waals surface area contributed by atoms with Crippen LogP contribution in [0.5, 0.6) is 0 Å². The number of carbonyl (C=O) groups is 2. The van der Waals surface area contributed by atoms with Crippen LogP contribution in [-0.2, 0) is 9.59 Å². The van der Waals surface area contributed by atoms with Gasteiger partial charge in [0.2, 0.25) is 11.8 Å². The Morgan fingerprint density at radius 1 is 1.39 bits per heavy atom. The molecule has 4 nitrogen and oxygen atoms in total. The lowest BCUT2D eigenvalue weighted by Crippen LogP contribution is -2.56. The second kappa shape index (κ2) is 4.78. The van der Waals surface area contributed by atoms with E-state index in [0.29, 0.717) is 0 Å². The molecule has 104 valence electrons. The van der Waals surface area contributed by atoms with Gasteiger partial charge in [-0.05, 0) is 11.8 Å². The maximum atomic E-state index is 12.8. The number of nitrogens with one attached hydrogen (secondary N) is 2. The minimum Gasteiger partial charge on any atom is -0.344 e. The Kier molecular flexibility index (Phi) is 3.92. The van der Waals surface area contributed by atoms with E-state index in [2.05, 4.69) is 5.32 Å². The quantitative estimate of drug-likeness (QED) is 0.792. The zero-order valence-corrected chi connectivity index (χ0v) is 10.5. The van der Waals surface area contributed by atoms with Crippen LogP contribution in [0, 0.1) is 5.41 Å². The predicted molar refractivity (Wildman–Crippen MR) is 58.6 cm³/mol. The first-order chi connectivity index (χ1) is 8.01. The number of carbonyl (C=O) groups excluding carboxylic acids is 2. The fraction of sp³-hybridized carbons (Fsp3) is 0.818. The monoisotopic (exact) mass is 266 g/mol. The lowest BCUT2D eigenvalue weighted by molar-refractivity contribution is -0.181. The van der Waals surface area contributed by atoms with E-state index < -0.39 is 29.6 Å². The summed E-state index contributed by atoms with van der Waals surface area (Å²) < 4.78 is 38.5. The largest absolute Gasteiger partial charge is 0.409 e. The third kappa shape index (κ3) is 3.61. The van der Waals surface area contributed by atoms with E-state index in [9.17, 15) is 22.8 Å². The third-order valence-electron chi connectivity index (χ3n) is 2.79. The van der Waals surface area contributed by atoms with E-state index in [4.69, 9.17) is 0 Å². The molecule has 0 bridgehead atoms. The molecule has 1 fully saturated rings. The molecule has 2 N–H and O–H groups in total. The number of halogens is 3. The van der Waals surface area contributed by atoms with E-state index in [1.165, 1.54) is 20.8 Å². The minimum atomic E-state index is -4.52. The Labute approximate surface area is 103 Å². The maximum Gasteiger partial charge on any atom is 0.409 e. The molecule has 1 rings (SSSR count). The van der Waals surface area contributed by atoms with Gasteiger partial charge in [0.25, 0.3) is 0 Å². The van der Waals surface area contributed by atoms with E-state index >= 15 is 0 Å². The van der Waals surface area contributed by atoms with Gasteiger partial charge < -0.3 is 10.6 Å². The number of rotatable bonds is 2. The molecule has 0 aliphatic carbocycles. The van der Waals surface area contributed by atoms with E-state index in [1.54, 1.807) is 0 Å². The summed E-state index contributed by atoms with van der Waals surface area (Å²) in [5, 5.41) is 4.32. The first-order valence-corrected chi connectivity index (χ1v) is 5.68. The molecule has 0 radical (unpaired) electrons. The normalized spacial score (nSPS) is 22.6. The molecule has 1 saturated heterocycles. The number of amides is 2. The molecule has 0 unspecified atom stereocenters. The van der Waals surface area contributed by atoms with Crippen LogP contribution in [0.3, 0.4) is 0 Å². The number of hydrogen-bond donors (Lipinski definition) is 2. The van der Waals surface area contributed by atoms with Crippen LogP contribution < -0.4 is 10.6 Å². The second-order valence-corrected chi connectivity index (χ2v) is 5.51. The van der Waals surface area contributed by atoms with Crippen molar-refractivity contribution in [3.05, 3.63) is 0 Å². The molecule has 0 saturated carbocycles. The Morgan fingerprint density at radius 3 is 2.28 bits per heavy atom. The van der Waals surface area contributed by atoms with Crippen molar-refractivity contribution in [1.82, 2.24) is 10.6 Å². The summed E-state index contributed by atoms with van der Waals surface area (Å²) in [6, 6.07) is -2.79. The maximum absolute atomic E-state index is 12.8. The summed E-state index contributed by atoms with van der Waals surface area (Å²) in [6.07, 6.45) is -4.11. The first kappa shape index (κ1) is 14.8. The molecule has 1 aliphatic heterocycles. The van der Waals surface area contributed by atoms with Gasteiger partial charge in [0.1, 0.15) is 12.1 Å². The van der Waals surface area contributed by atoms with Crippen LogP contribution in [0.4, 0.5) is 13.2 Å². The SMILES string of the molecule is CC(C)(C)[C@H](NC(=O)[C@@H]1CCC(=O)N1)C(F)(F)F. The molecule has 18 heavy (non-hydrogen) atoms. The highest BCUT2D eigenvalue weighted by atomic mass is 19.4. The summed E-state index contributed by atoms with van der Waals surface area (Å²) in [4.78, 5) is 22.6. The van der Waals surface area contributed by atoms with E-state index in [1.807, 2.05) is 5.32 Å². The summed E-state index contributed by atoms with van der Waals surface area (Å²) in [7, 11) is 0. The van der Waals surface area contributed by atoms with Gasteiger partial charge in [-0.15, -0.1) is 0 Å². The summed E-state index contributed by atoms with van der Waals surface area (Å²) in [6.45, 7) is 4.20. The Balaban J connectivity index is 2.73. The van der Waals surface area contributed by atoms with Crippen LogP contribution in [0.1, 0.15) is 33.6 Å². The van der Waals surface area contributed by atoms with Gasteiger partial charge in [-0.1, -0.05) is 20.8 Å². The zero-order chi connectivity index (χ0) is 14.1. The van der Waals surface area contributed by atoms with Gasteiger partial charge in [0, 0.05) is 6.42 Å². The van der Waals surface area contributed by atoms with E-state index in [-0.39, 0.29) is 18.7 Å². The lowest BCUT2D eigenvalue weighted by atomic mass is 9.86. The minimum absolute atomic E-state index is 0.171. The molecule has 1 heterocycles. The molecule has 0 aromatic heterocycles. The van der Waals surface area contributed by atoms with Gasteiger partial charge in [-0.2, -0.15) is 13.2 Å². The van der Waals surface area contributed by atoms with Crippen molar-refractivity contribution in [2.45, 2.75) is 51.9 Å². The highest BCUT2D eigenvalue weighted by Gasteiger charge is 2.48. The van der Waals surface area contributed by atoms with Crippen LogP contribution in [-0.4, -0.2) is 30.1 Å². The molecule has 0 aromatic carbocycles. The molecule has 0 aromatic rings. The van der Waals surface area contributed by atoms with Crippen LogP contribution >= 0.6 is 0 Å². The van der Waals surface area contributed by atoms with Crippen LogP contribution in [0.25, 0.3) is 0 Å². The van der Waals surface area contributed by atoms with Crippen molar-refractivity contribution in [3.63, 3.8) is 0 Å². The van der Waals surface area contributed by atoms with Gasteiger partial charge in [0.15, 0.2) is 0 Å². The Morgan fingerprint density at radius 2 is 1.94 bits per heavy atom. The fourth-order valence-electron chi connectivity index (χ4n) is 1.84. The average Bonchev–Trinajstić information content (AvgIpc) is 2.57. The Hall–Kier alpha value is -1.27. The van der Waals surface area contributed by atoms with Crippen molar-refractivity contribution in [2.24, 2.45) is 5.41 Å². The van der Waals surface area contributed by atoms with Gasteiger partial charge in [-0.3, -0.25) is 9.59 Å². The van der Waals surface area contributed by atoms with Crippen molar-refractivity contribution in [1.29, 1.82) is 0 Å². The van der Waals surface area contributed by atoms with Crippen molar-refractivity contribution >= 4 is 11.8 Å². The molecule has 2 atom stereocenters. The molecular weight excluding hydrogens is 249 g/mol. The van der Waals surface area contributed by atoms with Crippen molar-refractivity contribution in [2.75, 3.05) is 0 Å². The summed E-state index contributed by atoms with van der Waals surface area (Å²) >= 11 is 0. The van der Waals surface area contributed by atoms with Crippen molar-refractivity contribution in [3.8, 4) is 0 Å². The van der Waals surface area contributed by atoms with E-state index in [0.717, 1.165) is 0 Å². The number of hydrogen-bond acceptors (Lipinski definition) is 2. The molecular formula is C11H17F3N2O2. The fourth-order valence-corrected chi connectivity index (χ4v) is 1.84. The predicted octanol–water partition coefficient (Wildman–Crippen LogP) is 1.36. The molecule has 2 amide bonds. The smallest absolute Gasteiger partial charge is 0.344 e. The average molecular weight is 266 g/mol. The Bertz CT molecular complexity index is 333. The van der Waals surface area contributed by atoms with Gasteiger partial charge in [-0.25, -0.2) is 0 Å². The molecule has 1 aliphatic rings. The topological polar surface area (TPSA) is 58.2 Å². The highest BCUT2D eigenvalue weighted by Crippen LogP contribution is 2.33. The molecule has 7 heteroatoms. The molecule has 0 spiro atoms. The zero-order valence-electron chi connectivity index (χ0n) is 10.5. The van der Waals surface area contributed by atoms with Crippen molar-refractivity contribution < 1.29 is 22.8 Å². The summed E-state index contributed by atoms with van der Waals surface area (Å²) in [5.74, 6) is -1.09. The second-order valence-electron chi connectivity index (χ2n) is 5.51. The third-order valence-corrected chi connectivity index (χ3v) is 2.79. The van der Waals surface area contributed by atoms with Gasteiger partial charge in [0.05, 0.1) is 0 Å². The highest BCUT2D eigenvalue weighted by molar-refractivity contribution is 5.90.